The van der Waals surface area contributed by atoms with Crippen molar-refractivity contribution in [2.75, 3.05) is 13.6 Å². The van der Waals surface area contributed by atoms with Gasteiger partial charge in [0.05, 0.1) is 19.1 Å². The van der Waals surface area contributed by atoms with E-state index in [1.54, 1.807) is 0 Å². The summed E-state index contributed by atoms with van der Waals surface area (Å²) in [6, 6.07) is 1.78. The van der Waals surface area contributed by atoms with Crippen molar-refractivity contribution in [3.05, 3.63) is 0 Å². The molecule has 1 nitrogen and oxygen atoms in total. The third-order valence-electron chi connectivity index (χ3n) is 4.01. The van der Waals surface area contributed by atoms with Crippen LogP contribution < -0.4 is 17.0 Å². The molecule has 2 unspecified atom stereocenters. The summed E-state index contributed by atoms with van der Waals surface area (Å²) in [5, 5.41) is 0. The predicted octanol–water partition coefficient (Wildman–Crippen LogP) is -1.21. The maximum absolute atomic E-state index is 5.43. The Morgan fingerprint density at radius 1 is 1.23 bits per heavy atom. The van der Waals surface area contributed by atoms with E-state index in [4.69, 9.17) is 6.42 Å². The molecule has 0 aromatic heterocycles. The van der Waals surface area contributed by atoms with Gasteiger partial charge < -0.3 is 21.5 Å². The third kappa shape index (κ3) is 1.65. The van der Waals surface area contributed by atoms with Crippen LogP contribution in [0.2, 0.25) is 0 Å². The zero-order valence-corrected chi connectivity index (χ0v) is 9.89. The lowest BCUT2D eigenvalue weighted by Crippen LogP contribution is -3.00. The number of fused-ring (bicyclic) bond motifs is 2. The van der Waals surface area contributed by atoms with Gasteiger partial charge in [-0.3, -0.25) is 0 Å². The zero-order chi connectivity index (χ0) is 8.60. The molecule has 0 aliphatic carbocycles. The fourth-order valence-electron chi connectivity index (χ4n) is 3.20. The van der Waals surface area contributed by atoms with Crippen LogP contribution in [-0.2, 0) is 0 Å². The summed E-state index contributed by atoms with van der Waals surface area (Å²) in [6.07, 6.45) is 12.5. The second-order valence-corrected chi connectivity index (χ2v) is 4.52. The van der Waals surface area contributed by atoms with Gasteiger partial charge in [-0.2, -0.15) is 0 Å². The molecule has 2 fully saturated rings. The van der Waals surface area contributed by atoms with Gasteiger partial charge in [-0.05, 0) is 25.2 Å². The van der Waals surface area contributed by atoms with Crippen molar-refractivity contribution in [1.29, 1.82) is 0 Å². The van der Waals surface area contributed by atoms with Gasteiger partial charge in [0.15, 0.2) is 0 Å². The zero-order valence-electron chi connectivity index (χ0n) is 8.30. The Morgan fingerprint density at radius 3 is 2.23 bits per heavy atom. The average molecular weight is 244 g/mol. The highest BCUT2D eigenvalue weighted by molar-refractivity contribution is 4.89. The van der Waals surface area contributed by atoms with E-state index in [0.29, 0.717) is 0 Å². The Kier molecular flexibility index (Phi) is 3.43. The molecule has 2 bridgehead atoms. The predicted molar refractivity (Wildman–Crippen MR) is 50.5 cm³/mol. The van der Waals surface area contributed by atoms with Gasteiger partial charge in [-0.15, -0.1) is 6.42 Å². The summed E-state index contributed by atoms with van der Waals surface area (Å²) in [4.78, 5) is 0. The number of halogens is 1. The second-order valence-electron chi connectivity index (χ2n) is 4.52. The monoisotopic (exact) mass is 243 g/mol. The Hall–Kier alpha value is 0. The van der Waals surface area contributed by atoms with Gasteiger partial charge >= 0.3 is 0 Å². The molecule has 0 amide bonds. The first-order chi connectivity index (χ1) is 5.77. The van der Waals surface area contributed by atoms with Gasteiger partial charge in [0.1, 0.15) is 6.54 Å². The van der Waals surface area contributed by atoms with Crippen molar-refractivity contribution >= 4 is 0 Å². The van der Waals surface area contributed by atoms with Gasteiger partial charge in [-0.25, -0.2) is 0 Å². The summed E-state index contributed by atoms with van der Waals surface area (Å²) in [5.74, 6) is 2.85. The molecule has 0 aromatic carbocycles. The number of piperidine rings is 1. The molecule has 2 heterocycles. The van der Waals surface area contributed by atoms with Crippen LogP contribution in [0.25, 0.3) is 0 Å². The summed E-state index contributed by atoms with van der Waals surface area (Å²) >= 11 is 0. The fraction of sp³-hybridized carbons (Fsp3) is 0.818. The topological polar surface area (TPSA) is 0 Å². The minimum absolute atomic E-state index is 0. The minimum Gasteiger partial charge on any atom is -1.00 e. The van der Waals surface area contributed by atoms with Crippen LogP contribution in [0.1, 0.15) is 32.1 Å². The van der Waals surface area contributed by atoms with E-state index < -0.39 is 0 Å². The van der Waals surface area contributed by atoms with Crippen LogP contribution in [0.15, 0.2) is 0 Å². The Labute approximate surface area is 91.9 Å². The average Bonchev–Trinajstić information content (AvgIpc) is 2.26. The molecular formula is C11H18BrN. The van der Waals surface area contributed by atoms with E-state index in [1.165, 1.54) is 36.6 Å². The number of hydrogen-bond donors (Lipinski definition) is 0. The van der Waals surface area contributed by atoms with E-state index in [-0.39, 0.29) is 17.0 Å². The second kappa shape index (κ2) is 4.02. The van der Waals surface area contributed by atoms with Crippen molar-refractivity contribution < 1.29 is 21.5 Å². The highest BCUT2D eigenvalue weighted by atomic mass is 79.9. The molecule has 0 saturated carbocycles. The lowest BCUT2D eigenvalue weighted by atomic mass is 10.00. The molecule has 74 valence electrons. The number of nitrogens with zero attached hydrogens (tertiary/aromatic N) is 1. The molecule has 0 spiro atoms. The first-order valence-corrected chi connectivity index (χ1v) is 5.06. The molecule has 0 radical (unpaired) electrons. The smallest absolute Gasteiger partial charge is 0.140 e. The lowest BCUT2D eigenvalue weighted by molar-refractivity contribution is -0.941. The first-order valence-electron chi connectivity index (χ1n) is 5.06. The normalized spacial score (nSPS) is 42.2. The van der Waals surface area contributed by atoms with Crippen LogP contribution in [0.4, 0.5) is 0 Å². The summed E-state index contributed by atoms with van der Waals surface area (Å²) in [7, 11) is 2.36. The number of terminal acetylenes is 1. The first kappa shape index (κ1) is 11.1. The van der Waals surface area contributed by atoms with Gasteiger partial charge in [0, 0.05) is 12.8 Å². The fourth-order valence-corrected chi connectivity index (χ4v) is 3.20. The Bertz CT molecular complexity index is 203. The SMILES string of the molecule is C#CC[N+]1(C)C2CCCC1CC2.[Br-]. The van der Waals surface area contributed by atoms with Crippen LogP contribution in [0.3, 0.4) is 0 Å². The van der Waals surface area contributed by atoms with E-state index in [1.807, 2.05) is 0 Å². The Balaban J connectivity index is 0.000000845. The minimum atomic E-state index is 0. The van der Waals surface area contributed by atoms with Crippen molar-refractivity contribution in [2.45, 2.75) is 44.2 Å². The molecule has 2 rings (SSSR count). The highest BCUT2D eigenvalue weighted by Gasteiger charge is 2.47. The summed E-state index contributed by atoms with van der Waals surface area (Å²) in [6.45, 7) is 0.954. The molecule has 2 aliphatic heterocycles. The molecule has 2 saturated heterocycles. The number of hydrogen-bond acceptors (Lipinski definition) is 0. The number of rotatable bonds is 1. The lowest BCUT2D eigenvalue weighted by Gasteiger charge is -2.43. The van der Waals surface area contributed by atoms with Gasteiger partial charge in [-0.1, -0.05) is 0 Å². The molecule has 2 aliphatic rings. The third-order valence-corrected chi connectivity index (χ3v) is 4.01. The van der Waals surface area contributed by atoms with Crippen molar-refractivity contribution in [3.63, 3.8) is 0 Å². The van der Waals surface area contributed by atoms with Crippen molar-refractivity contribution in [2.24, 2.45) is 0 Å². The standard InChI is InChI=1S/C11H18N.BrH/c1-3-9-12(2)10-5-4-6-11(12)8-7-10;/h1,10-11H,4-9H2,2H3;1H/q+1;/p-1. The van der Waals surface area contributed by atoms with E-state index in [0.717, 1.165) is 18.6 Å². The molecular weight excluding hydrogens is 226 g/mol. The van der Waals surface area contributed by atoms with Gasteiger partial charge in [0.25, 0.3) is 0 Å². The molecule has 13 heavy (non-hydrogen) atoms. The molecule has 2 atom stereocenters. The largest absolute Gasteiger partial charge is 1.00 e. The van der Waals surface area contributed by atoms with Gasteiger partial charge in [0.2, 0.25) is 0 Å². The van der Waals surface area contributed by atoms with E-state index in [9.17, 15) is 0 Å². The number of quaternary nitrogens is 1. The maximum Gasteiger partial charge on any atom is 0.140 e. The van der Waals surface area contributed by atoms with Crippen LogP contribution in [-0.4, -0.2) is 30.2 Å². The summed E-state index contributed by atoms with van der Waals surface area (Å²) in [5.41, 5.74) is 0. The van der Waals surface area contributed by atoms with Crippen molar-refractivity contribution in [3.8, 4) is 12.3 Å². The van der Waals surface area contributed by atoms with E-state index >= 15 is 0 Å². The van der Waals surface area contributed by atoms with Crippen LogP contribution in [0.5, 0.6) is 0 Å². The molecule has 2 heteroatoms. The van der Waals surface area contributed by atoms with Crippen molar-refractivity contribution in [1.82, 2.24) is 0 Å². The van der Waals surface area contributed by atoms with Crippen LogP contribution >= 0.6 is 0 Å². The molecule has 0 N–H and O–H groups in total. The maximum atomic E-state index is 5.43. The van der Waals surface area contributed by atoms with Crippen LogP contribution in [0, 0.1) is 12.3 Å². The summed E-state index contributed by atoms with van der Waals surface area (Å²) < 4.78 is 1.19. The Morgan fingerprint density at radius 2 is 1.77 bits per heavy atom. The highest BCUT2D eigenvalue weighted by Crippen LogP contribution is 2.40. The van der Waals surface area contributed by atoms with E-state index in [2.05, 4.69) is 13.0 Å². The quantitative estimate of drug-likeness (QED) is 0.401. The molecule has 0 aromatic rings.